The van der Waals surface area contributed by atoms with Crippen LogP contribution in [-0.4, -0.2) is 7.05 Å². The molecule has 1 rings (SSSR count). The molecule has 0 aromatic heterocycles. The van der Waals surface area contributed by atoms with Gasteiger partial charge in [-0.2, -0.15) is 0 Å². The molecule has 0 atom stereocenters. The topological polar surface area (TPSA) is 29.1 Å². The molecule has 1 aromatic rings. The van der Waals surface area contributed by atoms with E-state index in [9.17, 15) is 4.79 Å². The highest BCUT2D eigenvalue weighted by molar-refractivity contribution is 9.11. The quantitative estimate of drug-likeness (QED) is 0.862. The van der Waals surface area contributed by atoms with Gasteiger partial charge in [-0.15, -0.1) is 0 Å². The first-order valence-electron chi connectivity index (χ1n) is 3.32. The molecule has 12 heavy (non-hydrogen) atoms. The van der Waals surface area contributed by atoms with E-state index in [1.807, 2.05) is 6.07 Å². The lowest BCUT2D eigenvalue weighted by Gasteiger charge is -1.91. The zero-order chi connectivity index (χ0) is 9.14. The van der Waals surface area contributed by atoms with Crippen molar-refractivity contribution in [3.05, 3.63) is 37.4 Å². The van der Waals surface area contributed by atoms with E-state index >= 15 is 0 Å². The summed E-state index contributed by atoms with van der Waals surface area (Å²) in [5.41, 5.74) is 0.538. The van der Waals surface area contributed by atoms with Gasteiger partial charge in [-0.05, 0) is 34.1 Å². The van der Waals surface area contributed by atoms with Crippen LogP contribution in [0.15, 0.2) is 31.9 Å². The Labute approximate surface area is 87.3 Å². The van der Waals surface area contributed by atoms with Crippen LogP contribution in [0.2, 0.25) is 0 Å². The van der Waals surface area contributed by atoms with Gasteiger partial charge in [0.15, 0.2) is 0 Å². The Morgan fingerprint density at radius 2 is 2.00 bits per heavy atom. The largest absolute Gasteiger partial charge is 0.385 e. The SMILES string of the molecule is CNc1ccc(Br)cc(Br)c1=O. The summed E-state index contributed by atoms with van der Waals surface area (Å²) in [6.45, 7) is 0. The fourth-order valence-corrected chi connectivity index (χ4v) is 1.93. The van der Waals surface area contributed by atoms with Crippen molar-refractivity contribution in [2.24, 2.45) is 0 Å². The van der Waals surface area contributed by atoms with Crippen molar-refractivity contribution in [2.75, 3.05) is 12.4 Å². The Morgan fingerprint density at radius 1 is 1.33 bits per heavy atom. The van der Waals surface area contributed by atoms with Crippen molar-refractivity contribution in [3.8, 4) is 0 Å². The highest BCUT2D eigenvalue weighted by Crippen LogP contribution is 2.14. The van der Waals surface area contributed by atoms with E-state index in [-0.39, 0.29) is 5.43 Å². The second kappa shape index (κ2) is 4.05. The number of hydrogen-bond donors (Lipinski definition) is 1. The molecular formula is C8H7Br2NO. The Morgan fingerprint density at radius 3 is 2.58 bits per heavy atom. The molecule has 0 unspecified atom stereocenters. The molecule has 0 saturated heterocycles. The molecule has 0 fully saturated rings. The van der Waals surface area contributed by atoms with Gasteiger partial charge in [-0.3, -0.25) is 4.79 Å². The van der Waals surface area contributed by atoms with Crippen molar-refractivity contribution < 1.29 is 0 Å². The molecule has 0 aliphatic carbocycles. The third-order valence-corrected chi connectivity index (χ3v) is 2.49. The normalized spacial score (nSPS) is 9.58. The van der Waals surface area contributed by atoms with Gasteiger partial charge in [0.2, 0.25) is 5.43 Å². The Bertz CT molecular complexity index is 352. The molecule has 0 aliphatic rings. The van der Waals surface area contributed by atoms with Gasteiger partial charge in [0, 0.05) is 11.5 Å². The fourth-order valence-electron chi connectivity index (χ4n) is 0.799. The highest BCUT2D eigenvalue weighted by Gasteiger charge is 1.99. The van der Waals surface area contributed by atoms with Gasteiger partial charge in [0.05, 0.1) is 10.2 Å². The van der Waals surface area contributed by atoms with Crippen LogP contribution >= 0.6 is 31.9 Å². The summed E-state index contributed by atoms with van der Waals surface area (Å²) in [5.74, 6) is 0. The molecular weight excluding hydrogens is 286 g/mol. The zero-order valence-corrected chi connectivity index (χ0v) is 9.57. The van der Waals surface area contributed by atoms with E-state index in [1.165, 1.54) is 0 Å². The van der Waals surface area contributed by atoms with E-state index in [0.29, 0.717) is 10.2 Å². The van der Waals surface area contributed by atoms with Crippen molar-refractivity contribution in [2.45, 2.75) is 0 Å². The molecule has 1 N–H and O–H groups in total. The molecule has 64 valence electrons. The van der Waals surface area contributed by atoms with Crippen molar-refractivity contribution in [3.63, 3.8) is 0 Å². The lowest BCUT2D eigenvalue weighted by Crippen LogP contribution is -2.05. The van der Waals surface area contributed by atoms with E-state index in [0.717, 1.165) is 4.47 Å². The average molecular weight is 293 g/mol. The van der Waals surface area contributed by atoms with Crippen LogP contribution in [0.25, 0.3) is 0 Å². The Hall–Kier alpha value is -0.350. The number of anilines is 1. The summed E-state index contributed by atoms with van der Waals surface area (Å²) >= 11 is 6.48. The molecule has 2 nitrogen and oxygen atoms in total. The summed E-state index contributed by atoms with van der Waals surface area (Å²) in [5, 5.41) is 2.82. The smallest absolute Gasteiger partial charge is 0.215 e. The van der Waals surface area contributed by atoms with Crippen molar-refractivity contribution in [1.29, 1.82) is 0 Å². The molecule has 1 aromatic carbocycles. The van der Waals surface area contributed by atoms with Crippen LogP contribution in [0.1, 0.15) is 0 Å². The van der Waals surface area contributed by atoms with Gasteiger partial charge in [-0.25, -0.2) is 0 Å². The summed E-state index contributed by atoms with van der Waals surface area (Å²) in [6, 6.07) is 5.28. The van der Waals surface area contributed by atoms with Crippen molar-refractivity contribution in [1.82, 2.24) is 0 Å². The van der Waals surface area contributed by atoms with Crippen LogP contribution < -0.4 is 10.7 Å². The maximum absolute atomic E-state index is 11.4. The summed E-state index contributed by atoms with van der Waals surface area (Å²) in [7, 11) is 1.72. The number of hydrogen-bond acceptors (Lipinski definition) is 2. The minimum atomic E-state index is -0.0387. The maximum atomic E-state index is 11.4. The summed E-state index contributed by atoms with van der Waals surface area (Å²) in [4.78, 5) is 11.4. The third-order valence-electron chi connectivity index (χ3n) is 1.40. The first-order chi connectivity index (χ1) is 5.65. The third kappa shape index (κ3) is 2.08. The van der Waals surface area contributed by atoms with Gasteiger partial charge in [0.1, 0.15) is 0 Å². The fraction of sp³-hybridized carbons (Fsp3) is 0.125. The number of rotatable bonds is 1. The lowest BCUT2D eigenvalue weighted by molar-refractivity contribution is 1.47. The second-order valence-electron chi connectivity index (χ2n) is 2.20. The van der Waals surface area contributed by atoms with E-state index in [4.69, 9.17) is 0 Å². The molecule has 0 heterocycles. The Balaban J connectivity index is 3.48. The molecule has 0 amide bonds. The van der Waals surface area contributed by atoms with E-state index < -0.39 is 0 Å². The van der Waals surface area contributed by atoms with E-state index in [2.05, 4.69) is 37.2 Å². The van der Waals surface area contributed by atoms with Gasteiger partial charge in [0.25, 0.3) is 0 Å². The van der Waals surface area contributed by atoms with Crippen LogP contribution in [0, 0.1) is 0 Å². The van der Waals surface area contributed by atoms with Gasteiger partial charge in [-0.1, -0.05) is 15.9 Å². The predicted octanol–water partition coefficient (Wildman–Crippen LogP) is 2.61. The molecule has 0 radical (unpaired) electrons. The van der Waals surface area contributed by atoms with Gasteiger partial charge >= 0.3 is 0 Å². The minimum Gasteiger partial charge on any atom is -0.385 e. The first-order valence-corrected chi connectivity index (χ1v) is 4.91. The zero-order valence-electron chi connectivity index (χ0n) is 6.40. The monoisotopic (exact) mass is 291 g/mol. The molecule has 0 aliphatic heterocycles. The molecule has 4 heteroatoms. The molecule has 0 saturated carbocycles. The van der Waals surface area contributed by atoms with Crippen molar-refractivity contribution >= 4 is 37.5 Å². The highest BCUT2D eigenvalue weighted by atomic mass is 79.9. The standard InChI is InChI=1S/C8H7Br2NO/c1-11-7-3-2-5(9)4-6(10)8(7)12/h2-4H,1H3,(H,11,12). The number of halogens is 2. The first kappa shape index (κ1) is 9.74. The minimum absolute atomic E-state index is 0.0387. The average Bonchev–Trinajstić information content (AvgIpc) is 2.14. The number of nitrogens with one attached hydrogen (secondary N) is 1. The van der Waals surface area contributed by atoms with Crippen LogP contribution in [0.4, 0.5) is 5.69 Å². The summed E-state index contributed by atoms with van der Waals surface area (Å²) in [6.07, 6.45) is 0. The maximum Gasteiger partial charge on any atom is 0.215 e. The molecule has 0 bridgehead atoms. The second-order valence-corrected chi connectivity index (χ2v) is 3.97. The lowest BCUT2D eigenvalue weighted by atomic mass is 10.4. The van der Waals surface area contributed by atoms with Crippen LogP contribution in [0.5, 0.6) is 0 Å². The van der Waals surface area contributed by atoms with Gasteiger partial charge < -0.3 is 5.32 Å². The van der Waals surface area contributed by atoms with Crippen LogP contribution in [-0.2, 0) is 0 Å². The predicted molar refractivity (Wildman–Crippen MR) is 57.7 cm³/mol. The molecule has 0 spiro atoms. The van der Waals surface area contributed by atoms with Crippen LogP contribution in [0.3, 0.4) is 0 Å². The van der Waals surface area contributed by atoms with E-state index in [1.54, 1.807) is 19.2 Å². The Kier molecular flexibility index (Phi) is 3.29. The summed E-state index contributed by atoms with van der Waals surface area (Å²) < 4.78 is 1.41.